The van der Waals surface area contributed by atoms with Crippen molar-refractivity contribution >= 4 is 39.5 Å². The molecule has 0 saturated carbocycles. The van der Waals surface area contributed by atoms with Crippen LogP contribution in [0.1, 0.15) is 396 Å². The van der Waals surface area contributed by atoms with Gasteiger partial charge in [-0.1, -0.05) is 344 Å². The molecule has 0 saturated heterocycles. The second-order valence-corrected chi connectivity index (χ2v) is 32.7. The first-order valence-electron chi connectivity index (χ1n) is 40.2. The Labute approximate surface area is 594 Å². The molecule has 0 aliphatic rings. The molecule has 19 heteroatoms. The van der Waals surface area contributed by atoms with Crippen LogP contribution in [0, 0.1) is 23.7 Å². The molecule has 0 spiro atoms. The first-order valence-corrected chi connectivity index (χ1v) is 43.2. The van der Waals surface area contributed by atoms with Crippen molar-refractivity contribution in [2.24, 2.45) is 23.7 Å². The summed E-state index contributed by atoms with van der Waals surface area (Å²) in [6.45, 7) is 14.2. The maximum Gasteiger partial charge on any atom is 0.472 e. The van der Waals surface area contributed by atoms with Crippen LogP contribution in [0.15, 0.2) is 0 Å². The van der Waals surface area contributed by atoms with Crippen LogP contribution in [0.2, 0.25) is 0 Å². The van der Waals surface area contributed by atoms with Gasteiger partial charge in [0.2, 0.25) is 0 Å². The summed E-state index contributed by atoms with van der Waals surface area (Å²) in [6, 6.07) is 0. The van der Waals surface area contributed by atoms with Crippen LogP contribution in [-0.4, -0.2) is 96.7 Å². The van der Waals surface area contributed by atoms with Crippen molar-refractivity contribution in [2.75, 3.05) is 39.6 Å². The van der Waals surface area contributed by atoms with Gasteiger partial charge < -0.3 is 33.8 Å². The van der Waals surface area contributed by atoms with Gasteiger partial charge in [0.05, 0.1) is 26.4 Å². The highest BCUT2D eigenvalue weighted by atomic mass is 31.2. The minimum absolute atomic E-state index is 0.102. The van der Waals surface area contributed by atoms with Gasteiger partial charge in [-0.3, -0.25) is 37.3 Å². The molecule has 0 aliphatic carbocycles. The number of carbonyl (C=O) groups is 4. The number of aliphatic hydroxyl groups is 1. The number of phosphoric ester groups is 2. The number of unbranched alkanes of at least 4 members (excludes halogenated alkanes) is 40. The summed E-state index contributed by atoms with van der Waals surface area (Å²) in [5, 5.41) is 10.6. The Morgan fingerprint density at radius 1 is 0.289 bits per heavy atom. The zero-order valence-corrected chi connectivity index (χ0v) is 65.5. The summed E-state index contributed by atoms with van der Waals surface area (Å²) in [7, 11) is -9.91. The van der Waals surface area contributed by atoms with Crippen LogP contribution in [0.4, 0.5) is 0 Å². The maximum absolute atomic E-state index is 13.1. The number of ether oxygens (including phenoxy) is 4. The fourth-order valence-corrected chi connectivity index (χ4v) is 13.5. The van der Waals surface area contributed by atoms with Crippen molar-refractivity contribution in [3.05, 3.63) is 0 Å². The monoisotopic (exact) mass is 1420 g/mol. The molecule has 0 radical (unpaired) electrons. The average molecular weight is 1420 g/mol. The number of aliphatic hydroxyl groups excluding tert-OH is 1. The Balaban J connectivity index is 5.21. The first kappa shape index (κ1) is 95.1. The molecule has 0 aromatic heterocycles. The second-order valence-electron chi connectivity index (χ2n) is 29.8. The molecule has 97 heavy (non-hydrogen) atoms. The van der Waals surface area contributed by atoms with Gasteiger partial charge in [-0.2, -0.15) is 0 Å². The average Bonchev–Trinajstić information content (AvgIpc) is 1.91. The molecule has 0 heterocycles. The standard InChI is InChI=1S/C78H152O17P2/c1-9-71(8)57-49-41-33-25-21-17-14-15-19-23-27-35-44-52-60-77(82)94-73(64-88-75(80)58-50-42-34-26-22-18-13-11-10-12-16-20-24-30-38-46-54-68(2)3)66-92-96(84,85)90-62-72(79)63-91-97(86,87)93-67-74(95-78(83)61-53-45-37-29-32-40-48-56-70(6)7)65-89-76(81)59-51-43-36-28-31-39-47-55-69(4)5/h68-74,79H,9-67H2,1-8H3,(H,84,85)(H,86,87)/t71?,72?,73-,74-/m1/s1. The van der Waals surface area contributed by atoms with Gasteiger partial charge in [0, 0.05) is 25.7 Å². The molecule has 0 aliphatic heterocycles. The lowest BCUT2D eigenvalue weighted by Gasteiger charge is -2.21. The van der Waals surface area contributed by atoms with Gasteiger partial charge in [0.1, 0.15) is 19.3 Å². The zero-order valence-electron chi connectivity index (χ0n) is 63.7. The molecule has 4 unspecified atom stereocenters. The van der Waals surface area contributed by atoms with Crippen LogP contribution in [-0.2, 0) is 65.4 Å². The number of rotatable bonds is 75. The lowest BCUT2D eigenvalue weighted by atomic mass is 9.99. The molecule has 17 nitrogen and oxygen atoms in total. The SMILES string of the molecule is CCC(C)CCCCCCCCCCCCCCCCC(=O)O[C@H](COC(=O)CCCCCCCCCCCCCCCCCCC(C)C)COP(=O)(O)OCC(O)COP(=O)(O)OC[C@@H](COC(=O)CCCCCCCCCC(C)C)OC(=O)CCCCCCCCCC(C)C. The fraction of sp³-hybridized carbons (Fsp3) is 0.949. The number of hydrogen-bond donors (Lipinski definition) is 3. The Bertz CT molecular complexity index is 1900. The molecule has 0 fully saturated rings. The fourth-order valence-electron chi connectivity index (χ4n) is 11.9. The van der Waals surface area contributed by atoms with Crippen molar-refractivity contribution in [2.45, 2.75) is 414 Å². The molecular weight excluding hydrogens is 1270 g/mol. The highest BCUT2D eigenvalue weighted by Crippen LogP contribution is 2.45. The van der Waals surface area contributed by atoms with E-state index in [0.717, 1.165) is 108 Å². The molecule has 0 rings (SSSR count). The predicted octanol–water partition coefficient (Wildman–Crippen LogP) is 22.8. The molecule has 3 N–H and O–H groups in total. The van der Waals surface area contributed by atoms with Gasteiger partial charge in [-0.15, -0.1) is 0 Å². The minimum Gasteiger partial charge on any atom is -0.462 e. The van der Waals surface area contributed by atoms with Crippen molar-refractivity contribution in [1.82, 2.24) is 0 Å². The second kappa shape index (κ2) is 67.2. The molecule has 0 aromatic carbocycles. The molecule has 0 bridgehead atoms. The van der Waals surface area contributed by atoms with Crippen LogP contribution < -0.4 is 0 Å². The lowest BCUT2D eigenvalue weighted by Crippen LogP contribution is -2.30. The Morgan fingerprint density at radius 2 is 0.495 bits per heavy atom. The summed E-state index contributed by atoms with van der Waals surface area (Å²) in [5.41, 5.74) is 0. The van der Waals surface area contributed by atoms with Gasteiger partial charge >= 0.3 is 39.5 Å². The Kier molecular flexibility index (Phi) is 65.9. The van der Waals surface area contributed by atoms with Crippen molar-refractivity contribution in [1.29, 1.82) is 0 Å². The number of hydrogen-bond acceptors (Lipinski definition) is 15. The van der Waals surface area contributed by atoms with E-state index in [9.17, 15) is 43.2 Å². The topological polar surface area (TPSA) is 237 Å². The van der Waals surface area contributed by atoms with Gasteiger partial charge in [-0.05, 0) is 49.4 Å². The van der Waals surface area contributed by atoms with E-state index in [-0.39, 0.29) is 25.7 Å². The van der Waals surface area contributed by atoms with E-state index in [1.165, 1.54) is 193 Å². The summed E-state index contributed by atoms with van der Waals surface area (Å²) in [6.07, 6.45) is 52.9. The Morgan fingerprint density at radius 3 is 0.732 bits per heavy atom. The van der Waals surface area contributed by atoms with E-state index < -0.39 is 97.5 Å². The smallest absolute Gasteiger partial charge is 0.462 e. The normalized spacial score (nSPS) is 14.4. The van der Waals surface area contributed by atoms with E-state index >= 15 is 0 Å². The minimum atomic E-state index is -4.96. The van der Waals surface area contributed by atoms with Crippen molar-refractivity contribution in [3.8, 4) is 0 Å². The largest absolute Gasteiger partial charge is 0.472 e. The van der Waals surface area contributed by atoms with Crippen LogP contribution in [0.5, 0.6) is 0 Å². The highest BCUT2D eigenvalue weighted by molar-refractivity contribution is 7.47. The lowest BCUT2D eigenvalue weighted by molar-refractivity contribution is -0.161. The molecule has 0 aromatic rings. The predicted molar refractivity (Wildman–Crippen MR) is 395 cm³/mol. The third kappa shape index (κ3) is 70.9. The van der Waals surface area contributed by atoms with Crippen LogP contribution >= 0.6 is 15.6 Å². The van der Waals surface area contributed by atoms with Crippen molar-refractivity contribution in [3.63, 3.8) is 0 Å². The highest BCUT2D eigenvalue weighted by Gasteiger charge is 2.30. The number of phosphoric acid groups is 2. The molecule has 576 valence electrons. The third-order valence-electron chi connectivity index (χ3n) is 18.4. The summed E-state index contributed by atoms with van der Waals surface area (Å²) in [5.74, 6) is 0.938. The van der Waals surface area contributed by atoms with Gasteiger partial charge in [0.25, 0.3) is 0 Å². The van der Waals surface area contributed by atoms with E-state index in [4.69, 9.17) is 37.0 Å². The summed E-state index contributed by atoms with van der Waals surface area (Å²) >= 11 is 0. The van der Waals surface area contributed by atoms with E-state index in [1.807, 2.05) is 0 Å². The van der Waals surface area contributed by atoms with E-state index in [1.54, 1.807) is 0 Å². The summed E-state index contributed by atoms with van der Waals surface area (Å²) < 4.78 is 68.5. The zero-order chi connectivity index (χ0) is 71.7. The maximum atomic E-state index is 13.1. The van der Waals surface area contributed by atoms with E-state index in [2.05, 4.69) is 55.4 Å². The van der Waals surface area contributed by atoms with Crippen molar-refractivity contribution < 1.29 is 80.2 Å². The molecule has 6 atom stereocenters. The van der Waals surface area contributed by atoms with Crippen LogP contribution in [0.3, 0.4) is 0 Å². The van der Waals surface area contributed by atoms with Crippen LogP contribution in [0.25, 0.3) is 0 Å². The van der Waals surface area contributed by atoms with E-state index in [0.29, 0.717) is 37.5 Å². The molecular formula is C78H152O17P2. The first-order chi connectivity index (χ1) is 46.6. The van der Waals surface area contributed by atoms with Gasteiger partial charge in [-0.25, -0.2) is 9.13 Å². The Hall–Kier alpha value is -1.94. The quantitative estimate of drug-likeness (QED) is 0.0222. The number of esters is 4. The third-order valence-corrected chi connectivity index (χ3v) is 20.3. The number of carbonyl (C=O) groups excluding carboxylic acids is 4. The molecule has 0 amide bonds. The van der Waals surface area contributed by atoms with Gasteiger partial charge in [0.15, 0.2) is 12.2 Å². The summed E-state index contributed by atoms with van der Waals surface area (Å²) in [4.78, 5) is 72.8.